The average Bonchev–Trinajstić information content (AvgIpc) is 3.36. The van der Waals surface area contributed by atoms with Crippen molar-refractivity contribution in [2.75, 3.05) is 59.4 Å². The molecule has 3 atom stereocenters. The summed E-state index contributed by atoms with van der Waals surface area (Å²) in [6, 6.07) is 7.21. The minimum atomic E-state index is -0.552. The van der Waals surface area contributed by atoms with Crippen molar-refractivity contribution >= 4 is 11.8 Å². The molecule has 0 aliphatic carbocycles. The second kappa shape index (κ2) is 18.0. The summed E-state index contributed by atoms with van der Waals surface area (Å²) < 4.78 is 28.5. The van der Waals surface area contributed by atoms with Crippen LogP contribution in [0, 0.1) is 0 Å². The van der Waals surface area contributed by atoms with Crippen LogP contribution < -0.4 is 16.8 Å². The van der Waals surface area contributed by atoms with Crippen LogP contribution >= 0.6 is 0 Å². The van der Waals surface area contributed by atoms with E-state index >= 15 is 0 Å². The molecule has 0 bridgehead atoms. The lowest BCUT2D eigenvalue weighted by Crippen LogP contribution is -2.29. The Balaban J connectivity index is 1.68. The molecule has 1 aliphatic rings. The van der Waals surface area contributed by atoms with E-state index in [2.05, 4.69) is 5.32 Å². The van der Waals surface area contributed by atoms with E-state index < -0.39 is 5.91 Å². The van der Waals surface area contributed by atoms with Gasteiger partial charge in [0.2, 0.25) is 11.8 Å². The lowest BCUT2D eigenvalue weighted by molar-refractivity contribution is -0.124. The average molecular weight is 512 g/mol. The Labute approximate surface area is 212 Å². The number of rotatable bonds is 21. The molecule has 36 heavy (non-hydrogen) atoms. The Morgan fingerprint density at radius 1 is 0.944 bits per heavy atom. The van der Waals surface area contributed by atoms with E-state index in [9.17, 15) is 14.7 Å². The molecule has 204 valence electrons. The van der Waals surface area contributed by atoms with Crippen molar-refractivity contribution in [3.8, 4) is 5.75 Å². The molecule has 1 saturated heterocycles. The van der Waals surface area contributed by atoms with Gasteiger partial charge < -0.3 is 45.6 Å². The molecule has 0 radical (unpaired) electrons. The van der Waals surface area contributed by atoms with Crippen molar-refractivity contribution in [2.45, 2.75) is 50.4 Å². The van der Waals surface area contributed by atoms with Gasteiger partial charge in [-0.15, -0.1) is 0 Å². The number of nitrogens with two attached hydrogens (primary N) is 2. The highest BCUT2D eigenvalue weighted by atomic mass is 16.6. The Morgan fingerprint density at radius 2 is 1.64 bits per heavy atom. The molecule has 11 heteroatoms. The first-order valence-corrected chi connectivity index (χ1v) is 12.5. The first-order chi connectivity index (χ1) is 17.4. The quantitative estimate of drug-likeness (QED) is 0.169. The Morgan fingerprint density at radius 3 is 2.31 bits per heavy atom. The highest BCUT2D eigenvalue weighted by Gasteiger charge is 2.15. The van der Waals surface area contributed by atoms with Gasteiger partial charge in [-0.3, -0.25) is 9.59 Å². The highest BCUT2D eigenvalue weighted by molar-refractivity contribution is 5.75. The molecular formula is C25H41N3O8. The van der Waals surface area contributed by atoms with E-state index in [0.717, 1.165) is 18.5 Å². The molecule has 1 aliphatic heterocycles. The topological polar surface area (TPSA) is 165 Å². The summed E-state index contributed by atoms with van der Waals surface area (Å²) in [5.41, 5.74) is 11.4. The van der Waals surface area contributed by atoms with Gasteiger partial charge in [-0.25, -0.2) is 0 Å². The normalized spacial score (nSPS) is 17.2. The van der Waals surface area contributed by atoms with Gasteiger partial charge in [-0.2, -0.15) is 0 Å². The third kappa shape index (κ3) is 14.3. The van der Waals surface area contributed by atoms with Crippen LogP contribution in [0.1, 0.15) is 31.2 Å². The van der Waals surface area contributed by atoms with Crippen LogP contribution in [-0.4, -0.2) is 94.6 Å². The molecular weight excluding hydrogens is 470 g/mol. The number of ether oxygens (including phenoxy) is 5. The molecule has 1 heterocycles. The Hall–Kier alpha value is -2.28. The lowest BCUT2D eigenvalue weighted by atomic mass is 10.1. The van der Waals surface area contributed by atoms with Gasteiger partial charge in [0, 0.05) is 18.9 Å². The van der Waals surface area contributed by atoms with Crippen molar-refractivity contribution in [1.82, 2.24) is 5.32 Å². The Kier molecular flexibility index (Phi) is 15.0. The van der Waals surface area contributed by atoms with E-state index in [1.165, 1.54) is 6.42 Å². The van der Waals surface area contributed by atoms with Crippen molar-refractivity contribution in [3.63, 3.8) is 0 Å². The molecule has 1 aromatic rings. The number of primary amides is 2. The zero-order valence-corrected chi connectivity index (χ0v) is 20.9. The molecule has 6 N–H and O–H groups in total. The summed E-state index contributed by atoms with van der Waals surface area (Å²) in [4.78, 5) is 22.2. The van der Waals surface area contributed by atoms with Crippen molar-refractivity contribution < 1.29 is 38.4 Å². The molecule has 2 amide bonds. The lowest BCUT2D eigenvalue weighted by Gasteiger charge is -2.20. The number of carbonyl (C=O) groups is 2. The third-order valence-electron chi connectivity index (χ3n) is 5.61. The maximum absolute atomic E-state index is 11.2. The monoisotopic (exact) mass is 511 g/mol. The van der Waals surface area contributed by atoms with Crippen LogP contribution in [0.15, 0.2) is 24.3 Å². The molecule has 1 aromatic carbocycles. The van der Waals surface area contributed by atoms with Crippen LogP contribution in [0.5, 0.6) is 5.75 Å². The predicted molar refractivity (Wildman–Crippen MR) is 132 cm³/mol. The summed E-state index contributed by atoms with van der Waals surface area (Å²) >= 11 is 0. The minimum Gasteiger partial charge on any atom is -0.508 e. The number of hydrogen-bond acceptors (Lipinski definition) is 9. The van der Waals surface area contributed by atoms with Crippen LogP contribution in [-0.2, 0) is 39.7 Å². The van der Waals surface area contributed by atoms with Crippen molar-refractivity contribution in [2.24, 2.45) is 11.5 Å². The molecule has 2 rings (SSSR count). The van der Waals surface area contributed by atoms with Gasteiger partial charge >= 0.3 is 0 Å². The third-order valence-corrected chi connectivity index (χ3v) is 5.61. The maximum Gasteiger partial charge on any atom is 0.243 e. The second-order valence-electron chi connectivity index (χ2n) is 8.79. The highest BCUT2D eigenvalue weighted by Crippen LogP contribution is 2.13. The van der Waals surface area contributed by atoms with Gasteiger partial charge in [0.15, 0.2) is 0 Å². The summed E-state index contributed by atoms with van der Waals surface area (Å²) in [6.07, 6.45) is 2.90. The second-order valence-corrected chi connectivity index (χ2v) is 8.79. The SMILES string of the molecule is NC(=O)CCC(COCCOC(COCC(N)=O)Cc1ccc(O)cc1)OCCOCC1CCCN1. The Bertz CT molecular complexity index is 743. The summed E-state index contributed by atoms with van der Waals surface area (Å²) in [6.45, 7) is 3.47. The number of phenolic OH excluding ortho intramolecular Hbond substituents is 1. The first-order valence-electron chi connectivity index (χ1n) is 12.5. The van der Waals surface area contributed by atoms with Gasteiger partial charge in [-0.05, 0) is 43.5 Å². The fraction of sp³-hybridized carbons (Fsp3) is 0.680. The number of hydrogen-bond donors (Lipinski definition) is 4. The summed E-state index contributed by atoms with van der Waals surface area (Å²) in [5.74, 6) is -0.757. The maximum atomic E-state index is 11.2. The smallest absolute Gasteiger partial charge is 0.243 e. The number of amides is 2. The zero-order valence-electron chi connectivity index (χ0n) is 20.9. The van der Waals surface area contributed by atoms with E-state index in [-0.39, 0.29) is 43.5 Å². The number of nitrogens with one attached hydrogen (secondary N) is 1. The van der Waals surface area contributed by atoms with Crippen LogP contribution in [0.25, 0.3) is 0 Å². The fourth-order valence-electron chi connectivity index (χ4n) is 3.76. The molecule has 3 unspecified atom stereocenters. The molecule has 11 nitrogen and oxygen atoms in total. The van der Waals surface area contributed by atoms with Gasteiger partial charge in [0.1, 0.15) is 12.4 Å². The van der Waals surface area contributed by atoms with E-state index in [1.54, 1.807) is 24.3 Å². The molecule has 0 aromatic heterocycles. The van der Waals surface area contributed by atoms with Gasteiger partial charge in [0.05, 0.1) is 58.5 Å². The van der Waals surface area contributed by atoms with Gasteiger partial charge in [0.25, 0.3) is 0 Å². The van der Waals surface area contributed by atoms with E-state index in [4.69, 9.17) is 35.2 Å². The number of benzene rings is 1. The molecule has 1 fully saturated rings. The number of aromatic hydroxyl groups is 1. The molecule has 0 spiro atoms. The first kappa shape index (κ1) is 29.9. The number of carbonyl (C=O) groups excluding carboxylic acids is 2. The predicted octanol–water partition coefficient (Wildman–Crippen LogP) is 0.258. The largest absolute Gasteiger partial charge is 0.508 e. The van der Waals surface area contributed by atoms with Crippen LogP contribution in [0.2, 0.25) is 0 Å². The van der Waals surface area contributed by atoms with Crippen LogP contribution in [0.3, 0.4) is 0 Å². The van der Waals surface area contributed by atoms with E-state index in [1.807, 2.05) is 0 Å². The fourth-order valence-corrected chi connectivity index (χ4v) is 3.76. The number of phenols is 1. The summed E-state index contributed by atoms with van der Waals surface area (Å²) in [7, 11) is 0. The summed E-state index contributed by atoms with van der Waals surface area (Å²) in [5, 5.41) is 12.8. The minimum absolute atomic E-state index is 0.181. The van der Waals surface area contributed by atoms with E-state index in [0.29, 0.717) is 58.5 Å². The van der Waals surface area contributed by atoms with Crippen molar-refractivity contribution in [3.05, 3.63) is 29.8 Å². The van der Waals surface area contributed by atoms with Crippen molar-refractivity contribution in [1.29, 1.82) is 0 Å². The van der Waals surface area contributed by atoms with Crippen LogP contribution in [0.4, 0.5) is 0 Å². The molecule has 0 saturated carbocycles. The standard InChI is InChI=1S/C25H41N3O8/c26-24(30)8-7-22(35-12-10-32-15-20-2-1-9-28-20)16-33-11-13-36-23(17-34-18-25(27)31)14-19-3-5-21(29)6-4-19/h3-6,20,22-23,28-29H,1-2,7-18H2,(H2,26,30)(H2,27,31). The zero-order chi connectivity index (χ0) is 26.0. The van der Waals surface area contributed by atoms with Gasteiger partial charge in [-0.1, -0.05) is 12.1 Å².